The normalized spacial score (nSPS) is 12.7. The molecule has 3 aromatic rings. The van der Waals surface area contributed by atoms with Gasteiger partial charge >= 0.3 is 6.03 Å². The Hall–Kier alpha value is -3.61. The molecule has 0 aliphatic heterocycles. The van der Waals surface area contributed by atoms with Gasteiger partial charge in [0.1, 0.15) is 6.29 Å². The zero-order valence-electron chi connectivity index (χ0n) is 24.0. The van der Waals surface area contributed by atoms with Crippen LogP contribution in [0.15, 0.2) is 60.8 Å². The minimum Gasteiger partial charge on any atom is -0.351 e. The summed E-state index contributed by atoms with van der Waals surface area (Å²) in [5.41, 5.74) is 4.81. The minimum absolute atomic E-state index is 0.172. The van der Waals surface area contributed by atoms with Crippen LogP contribution >= 0.6 is 11.6 Å². The number of nitrogens with one attached hydrogen (secondary N) is 3. The van der Waals surface area contributed by atoms with Crippen LogP contribution in [0.3, 0.4) is 0 Å². The second kappa shape index (κ2) is 17.4. The smallest absolute Gasteiger partial charge is 0.338 e. The molecule has 3 amide bonds. The highest BCUT2D eigenvalue weighted by molar-refractivity contribution is 6.30. The number of halogens is 1. The SMILES string of the molecule is CCOC(OCC)[C@H](C)N(Cc1cccc2cccnc12)C[C@@H](C=O)NC(=O)CONC(=O)NCc1ccc(Cl)cc1. The fraction of sp³-hybridized carbons (Fsp3) is 0.400. The monoisotopic (exact) mass is 599 g/mol. The van der Waals surface area contributed by atoms with E-state index in [0.29, 0.717) is 31.1 Å². The number of amides is 3. The highest BCUT2D eigenvalue weighted by Gasteiger charge is 2.28. The molecule has 1 aromatic heterocycles. The van der Waals surface area contributed by atoms with Crippen LogP contribution in [-0.2, 0) is 37.0 Å². The number of aldehydes is 1. The van der Waals surface area contributed by atoms with E-state index in [9.17, 15) is 14.4 Å². The van der Waals surface area contributed by atoms with Crippen molar-refractivity contribution in [2.75, 3.05) is 26.4 Å². The number of hydrogen-bond acceptors (Lipinski definition) is 8. The predicted octanol–water partition coefficient (Wildman–Crippen LogP) is 3.59. The number of nitrogens with zero attached hydrogens (tertiary/aromatic N) is 2. The molecule has 0 radical (unpaired) electrons. The van der Waals surface area contributed by atoms with E-state index in [0.717, 1.165) is 22.0 Å². The maximum atomic E-state index is 12.6. The van der Waals surface area contributed by atoms with Crippen molar-refractivity contribution in [1.82, 2.24) is 26.0 Å². The van der Waals surface area contributed by atoms with Crippen molar-refractivity contribution >= 4 is 40.7 Å². The fourth-order valence-corrected chi connectivity index (χ4v) is 4.45. The van der Waals surface area contributed by atoms with Gasteiger partial charge in [0.2, 0.25) is 5.91 Å². The average molecular weight is 600 g/mol. The number of aromatic nitrogens is 1. The third-order valence-electron chi connectivity index (χ3n) is 6.40. The maximum Gasteiger partial charge on any atom is 0.338 e. The van der Waals surface area contributed by atoms with Crippen LogP contribution in [0.25, 0.3) is 10.9 Å². The molecule has 2 aromatic carbocycles. The second-order valence-electron chi connectivity index (χ2n) is 9.45. The summed E-state index contributed by atoms with van der Waals surface area (Å²) in [6.45, 7) is 6.99. The molecule has 0 aliphatic rings. The number of urea groups is 1. The summed E-state index contributed by atoms with van der Waals surface area (Å²) < 4.78 is 11.7. The summed E-state index contributed by atoms with van der Waals surface area (Å²) in [7, 11) is 0. The molecule has 0 aliphatic carbocycles. The van der Waals surface area contributed by atoms with E-state index < -0.39 is 30.9 Å². The van der Waals surface area contributed by atoms with Gasteiger partial charge in [-0.2, -0.15) is 0 Å². The molecular formula is C30H38ClN5O6. The maximum absolute atomic E-state index is 12.6. The quantitative estimate of drug-likeness (QED) is 0.122. The van der Waals surface area contributed by atoms with Gasteiger partial charge in [-0.05, 0) is 50.1 Å². The van der Waals surface area contributed by atoms with Gasteiger partial charge in [0.05, 0.1) is 17.6 Å². The number of ether oxygens (including phenoxy) is 2. The second-order valence-corrected chi connectivity index (χ2v) is 9.89. The van der Waals surface area contributed by atoms with Crippen LogP contribution in [0.2, 0.25) is 5.02 Å². The highest BCUT2D eigenvalue weighted by atomic mass is 35.5. The summed E-state index contributed by atoms with van der Waals surface area (Å²) in [6, 6.07) is 15.0. The molecule has 3 N–H and O–H groups in total. The van der Waals surface area contributed by atoms with Crippen molar-refractivity contribution in [1.29, 1.82) is 0 Å². The summed E-state index contributed by atoms with van der Waals surface area (Å²) >= 11 is 5.86. The van der Waals surface area contributed by atoms with Crippen LogP contribution in [0.1, 0.15) is 31.9 Å². The number of fused-ring (bicyclic) bond motifs is 1. The van der Waals surface area contributed by atoms with Crippen molar-refractivity contribution in [2.24, 2.45) is 0 Å². The van der Waals surface area contributed by atoms with Gasteiger partial charge in [0.25, 0.3) is 0 Å². The van der Waals surface area contributed by atoms with Gasteiger partial charge in [0.15, 0.2) is 12.9 Å². The van der Waals surface area contributed by atoms with Crippen molar-refractivity contribution in [3.8, 4) is 0 Å². The third-order valence-corrected chi connectivity index (χ3v) is 6.65. The lowest BCUT2D eigenvalue weighted by Gasteiger charge is -2.35. The van der Waals surface area contributed by atoms with Crippen molar-refractivity contribution in [3.05, 3.63) is 76.9 Å². The molecule has 0 unspecified atom stereocenters. The molecule has 0 spiro atoms. The number of rotatable bonds is 17. The van der Waals surface area contributed by atoms with Crippen LogP contribution in [0.4, 0.5) is 4.79 Å². The molecule has 0 fully saturated rings. The summed E-state index contributed by atoms with van der Waals surface area (Å²) in [6.07, 6.45) is 1.86. The first-order valence-corrected chi connectivity index (χ1v) is 14.2. The van der Waals surface area contributed by atoms with Crippen LogP contribution in [-0.4, -0.2) is 72.8 Å². The number of pyridine rings is 1. The van der Waals surface area contributed by atoms with Crippen LogP contribution < -0.4 is 16.1 Å². The first-order chi connectivity index (χ1) is 20.3. The van der Waals surface area contributed by atoms with Gasteiger partial charge in [-0.1, -0.05) is 48.0 Å². The molecule has 3 rings (SSSR count). The molecule has 226 valence electrons. The Balaban J connectivity index is 1.60. The number of para-hydroxylation sites is 1. The lowest BCUT2D eigenvalue weighted by Crippen LogP contribution is -2.52. The topological polar surface area (TPSA) is 131 Å². The van der Waals surface area contributed by atoms with Gasteiger partial charge in [0, 0.05) is 49.5 Å². The van der Waals surface area contributed by atoms with Crippen LogP contribution in [0.5, 0.6) is 0 Å². The first kappa shape index (κ1) is 32.9. The molecule has 1 heterocycles. The van der Waals surface area contributed by atoms with E-state index in [2.05, 4.69) is 21.1 Å². The number of hydrogen-bond donors (Lipinski definition) is 3. The molecule has 0 saturated heterocycles. The molecule has 2 atom stereocenters. The zero-order valence-corrected chi connectivity index (χ0v) is 24.8. The Morgan fingerprint density at radius 2 is 1.76 bits per heavy atom. The standard InChI is InChI=1S/C30H38ClN5O6/c1-4-40-29(41-5-2)21(3)36(17-24-9-6-8-23-10-7-15-32-28(23)24)18-26(19-37)34-27(38)20-42-35-30(39)33-16-22-11-13-25(31)14-12-22/h6-15,19,21,26,29H,4-5,16-18,20H2,1-3H3,(H,34,38)(H2,33,35,39)/t21-,26-/m0/s1. The lowest BCUT2D eigenvalue weighted by molar-refractivity contribution is -0.172. The molecule has 11 nitrogen and oxygen atoms in total. The predicted molar refractivity (Wildman–Crippen MR) is 159 cm³/mol. The lowest BCUT2D eigenvalue weighted by atomic mass is 10.1. The van der Waals surface area contributed by atoms with E-state index in [-0.39, 0.29) is 19.1 Å². The average Bonchev–Trinajstić information content (AvgIpc) is 2.99. The van der Waals surface area contributed by atoms with Gasteiger partial charge in [-0.25, -0.2) is 10.3 Å². The molecular weight excluding hydrogens is 562 g/mol. The number of carbonyl (C=O) groups excluding carboxylic acids is 3. The van der Waals surface area contributed by atoms with E-state index >= 15 is 0 Å². The van der Waals surface area contributed by atoms with E-state index in [1.54, 1.807) is 30.5 Å². The summed E-state index contributed by atoms with van der Waals surface area (Å²) in [4.78, 5) is 48.2. The van der Waals surface area contributed by atoms with E-state index in [1.165, 1.54) is 0 Å². The van der Waals surface area contributed by atoms with Gasteiger partial charge < -0.3 is 24.9 Å². The third kappa shape index (κ3) is 10.3. The zero-order chi connectivity index (χ0) is 30.3. The van der Waals surface area contributed by atoms with Crippen LogP contribution in [0, 0.1) is 0 Å². The van der Waals surface area contributed by atoms with Gasteiger partial charge in [-0.3, -0.25) is 19.5 Å². The minimum atomic E-state index is -0.867. The summed E-state index contributed by atoms with van der Waals surface area (Å²) in [5.74, 6) is -0.573. The Kier molecular flexibility index (Phi) is 13.6. The highest BCUT2D eigenvalue weighted by Crippen LogP contribution is 2.21. The molecule has 12 heteroatoms. The Bertz CT molecular complexity index is 1280. The van der Waals surface area contributed by atoms with Crippen molar-refractivity contribution < 1.29 is 28.7 Å². The Morgan fingerprint density at radius 1 is 1.05 bits per heavy atom. The first-order valence-electron chi connectivity index (χ1n) is 13.8. The molecule has 0 bridgehead atoms. The largest absolute Gasteiger partial charge is 0.351 e. The number of hydroxylamine groups is 1. The van der Waals surface area contributed by atoms with E-state index in [1.807, 2.05) is 56.0 Å². The number of carbonyl (C=O) groups is 3. The molecule has 42 heavy (non-hydrogen) atoms. The Morgan fingerprint density at radius 3 is 2.45 bits per heavy atom. The number of benzene rings is 2. The van der Waals surface area contributed by atoms with E-state index in [4.69, 9.17) is 25.9 Å². The van der Waals surface area contributed by atoms with Crippen molar-refractivity contribution in [2.45, 2.75) is 52.2 Å². The molecule has 0 saturated carbocycles. The van der Waals surface area contributed by atoms with Gasteiger partial charge in [-0.15, -0.1) is 0 Å². The Labute approximate surface area is 250 Å². The fourth-order valence-electron chi connectivity index (χ4n) is 4.33. The summed E-state index contributed by atoms with van der Waals surface area (Å²) in [5, 5.41) is 6.86. The van der Waals surface area contributed by atoms with Crippen molar-refractivity contribution in [3.63, 3.8) is 0 Å².